The first-order chi connectivity index (χ1) is 12.8. The maximum absolute atomic E-state index is 12.2. The van der Waals surface area contributed by atoms with Crippen LogP contribution in [0.25, 0.3) is 0 Å². The molecule has 1 fully saturated rings. The van der Waals surface area contributed by atoms with Gasteiger partial charge in [-0.15, -0.1) is 0 Å². The van der Waals surface area contributed by atoms with Crippen molar-refractivity contribution in [2.75, 3.05) is 11.9 Å². The van der Waals surface area contributed by atoms with Gasteiger partial charge in [-0.1, -0.05) is 18.2 Å². The molecule has 0 bridgehead atoms. The average molecular weight is 367 g/mol. The third kappa shape index (κ3) is 4.08. The molecule has 2 aromatic rings. The van der Waals surface area contributed by atoms with E-state index in [-0.39, 0.29) is 12.5 Å². The Bertz CT molecular complexity index is 905. The maximum atomic E-state index is 12.2. The van der Waals surface area contributed by atoms with Gasteiger partial charge in [0.1, 0.15) is 11.3 Å². The number of carbonyl (C=O) groups is 3. The summed E-state index contributed by atoms with van der Waals surface area (Å²) in [6.07, 6.45) is 0. The minimum absolute atomic E-state index is 0.137. The third-order valence-corrected chi connectivity index (χ3v) is 4.33. The Morgan fingerprint density at radius 2 is 1.81 bits per heavy atom. The van der Waals surface area contributed by atoms with Gasteiger partial charge >= 0.3 is 6.03 Å². The highest BCUT2D eigenvalue weighted by molar-refractivity contribution is 6.07. The summed E-state index contributed by atoms with van der Waals surface area (Å²) >= 11 is 0. The number of amides is 4. The van der Waals surface area contributed by atoms with Crippen molar-refractivity contribution in [1.82, 2.24) is 10.6 Å². The molecule has 140 valence electrons. The number of aryl methyl sites for hydroxylation is 2. The summed E-state index contributed by atoms with van der Waals surface area (Å²) < 4.78 is 5.55. The fourth-order valence-electron chi connectivity index (χ4n) is 3.02. The molecule has 0 aromatic heterocycles. The molecule has 2 aromatic carbocycles. The molecule has 7 nitrogen and oxygen atoms in total. The molecule has 27 heavy (non-hydrogen) atoms. The van der Waals surface area contributed by atoms with Crippen molar-refractivity contribution in [3.63, 3.8) is 0 Å². The Kier molecular flexibility index (Phi) is 4.85. The Morgan fingerprint density at radius 3 is 2.44 bits per heavy atom. The molecule has 0 spiro atoms. The summed E-state index contributed by atoms with van der Waals surface area (Å²) in [5.41, 5.74) is 2.02. The number of ether oxygens (including phenoxy) is 1. The molecule has 1 aliphatic heterocycles. The number of anilines is 1. The van der Waals surface area contributed by atoms with Gasteiger partial charge in [0.2, 0.25) is 0 Å². The van der Waals surface area contributed by atoms with E-state index in [2.05, 4.69) is 16.0 Å². The average Bonchev–Trinajstić information content (AvgIpc) is 2.86. The number of hydrogen-bond donors (Lipinski definition) is 3. The van der Waals surface area contributed by atoms with E-state index < -0.39 is 17.5 Å². The van der Waals surface area contributed by atoms with Gasteiger partial charge < -0.3 is 15.4 Å². The lowest BCUT2D eigenvalue weighted by atomic mass is 9.92. The molecular formula is C20H21N3O4. The Balaban J connectivity index is 1.66. The number of urea groups is 1. The van der Waals surface area contributed by atoms with Crippen molar-refractivity contribution < 1.29 is 19.1 Å². The van der Waals surface area contributed by atoms with E-state index >= 15 is 0 Å². The lowest BCUT2D eigenvalue weighted by Gasteiger charge is -2.21. The molecule has 0 saturated carbocycles. The highest BCUT2D eigenvalue weighted by atomic mass is 16.5. The summed E-state index contributed by atoms with van der Waals surface area (Å²) in [5.74, 6) is -0.125. The molecule has 1 saturated heterocycles. The van der Waals surface area contributed by atoms with Gasteiger partial charge in [0.15, 0.2) is 6.61 Å². The first kappa shape index (κ1) is 18.4. The first-order valence-electron chi connectivity index (χ1n) is 8.51. The lowest BCUT2D eigenvalue weighted by molar-refractivity contribution is -0.123. The third-order valence-electron chi connectivity index (χ3n) is 4.33. The molecule has 0 radical (unpaired) electrons. The fraction of sp³-hybridized carbons (Fsp3) is 0.250. The van der Waals surface area contributed by atoms with Crippen LogP contribution in [-0.4, -0.2) is 24.5 Å². The van der Waals surface area contributed by atoms with E-state index in [1.807, 2.05) is 32.0 Å². The molecule has 1 heterocycles. The fourth-order valence-corrected chi connectivity index (χ4v) is 3.02. The normalized spacial score (nSPS) is 18.6. The lowest BCUT2D eigenvalue weighted by Crippen LogP contribution is -2.40. The van der Waals surface area contributed by atoms with Crippen LogP contribution in [0.5, 0.6) is 5.75 Å². The van der Waals surface area contributed by atoms with E-state index in [4.69, 9.17) is 4.74 Å². The van der Waals surface area contributed by atoms with Crippen molar-refractivity contribution in [3.8, 4) is 5.75 Å². The maximum Gasteiger partial charge on any atom is 0.322 e. The highest BCUT2D eigenvalue weighted by Gasteiger charge is 2.43. The molecule has 3 rings (SSSR count). The monoisotopic (exact) mass is 367 g/mol. The smallest absolute Gasteiger partial charge is 0.322 e. The van der Waals surface area contributed by atoms with Crippen LogP contribution in [-0.2, 0) is 15.1 Å². The van der Waals surface area contributed by atoms with Gasteiger partial charge in [-0.05, 0) is 61.7 Å². The Hall–Kier alpha value is -3.35. The van der Waals surface area contributed by atoms with Crippen LogP contribution in [0.4, 0.5) is 10.5 Å². The van der Waals surface area contributed by atoms with E-state index in [9.17, 15) is 14.4 Å². The van der Waals surface area contributed by atoms with Gasteiger partial charge in [0.05, 0.1) is 0 Å². The van der Waals surface area contributed by atoms with Gasteiger partial charge in [-0.2, -0.15) is 0 Å². The SMILES string of the molecule is Cc1cc(C)cc(OCC(=O)Nc2cccc([C@@]3(C)NC(=O)NC3=O)c2)c1. The predicted molar refractivity (Wildman–Crippen MR) is 101 cm³/mol. The van der Waals surface area contributed by atoms with Gasteiger partial charge in [0.25, 0.3) is 11.8 Å². The molecule has 1 aliphatic rings. The van der Waals surface area contributed by atoms with E-state index in [1.54, 1.807) is 31.2 Å². The van der Waals surface area contributed by atoms with Crippen molar-refractivity contribution in [2.45, 2.75) is 26.3 Å². The number of hydrogen-bond acceptors (Lipinski definition) is 4. The van der Waals surface area contributed by atoms with Crippen LogP contribution in [0.1, 0.15) is 23.6 Å². The zero-order valence-electron chi connectivity index (χ0n) is 15.4. The summed E-state index contributed by atoms with van der Waals surface area (Å²) in [7, 11) is 0. The van der Waals surface area contributed by atoms with Crippen LogP contribution in [0.15, 0.2) is 42.5 Å². The second-order valence-electron chi connectivity index (χ2n) is 6.77. The highest BCUT2D eigenvalue weighted by Crippen LogP contribution is 2.26. The van der Waals surface area contributed by atoms with Crippen molar-refractivity contribution >= 4 is 23.5 Å². The minimum atomic E-state index is -1.17. The second kappa shape index (κ2) is 7.11. The van der Waals surface area contributed by atoms with Crippen molar-refractivity contribution in [3.05, 3.63) is 59.2 Å². The number of carbonyl (C=O) groups excluding carboxylic acids is 3. The van der Waals surface area contributed by atoms with Gasteiger partial charge in [0, 0.05) is 5.69 Å². The van der Waals surface area contributed by atoms with Crippen LogP contribution in [0, 0.1) is 13.8 Å². The number of benzene rings is 2. The number of nitrogens with one attached hydrogen (secondary N) is 3. The zero-order chi connectivity index (χ0) is 19.6. The van der Waals surface area contributed by atoms with Crippen molar-refractivity contribution in [1.29, 1.82) is 0 Å². The molecule has 3 N–H and O–H groups in total. The Labute approximate surface area is 157 Å². The van der Waals surface area contributed by atoms with Crippen molar-refractivity contribution in [2.24, 2.45) is 0 Å². The van der Waals surface area contributed by atoms with E-state index in [1.165, 1.54) is 0 Å². The predicted octanol–water partition coefficient (Wildman–Crippen LogP) is 2.38. The molecule has 4 amide bonds. The van der Waals surface area contributed by atoms with Gasteiger partial charge in [-0.3, -0.25) is 14.9 Å². The van der Waals surface area contributed by atoms with Crippen LogP contribution in [0.3, 0.4) is 0 Å². The molecule has 0 unspecified atom stereocenters. The van der Waals surface area contributed by atoms with Crippen LogP contribution in [0.2, 0.25) is 0 Å². The Morgan fingerprint density at radius 1 is 1.11 bits per heavy atom. The quantitative estimate of drug-likeness (QED) is 0.707. The second-order valence-corrected chi connectivity index (χ2v) is 6.77. The topological polar surface area (TPSA) is 96.5 Å². The standard InChI is InChI=1S/C20H21N3O4/c1-12-7-13(2)9-16(8-12)27-11-17(24)21-15-6-4-5-14(10-15)20(3)18(25)22-19(26)23-20/h4-10H,11H2,1-3H3,(H,21,24)(H2,22,23,25,26)/t20-/m1/s1. The van der Waals surface area contributed by atoms with Crippen LogP contribution < -0.4 is 20.7 Å². The van der Waals surface area contributed by atoms with Crippen LogP contribution >= 0.6 is 0 Å². The largest absolute Gasteiger partial charge is 0.484 e. The summed E-state index contributed by atoms with van der Waals surface area (Å²) in [6, 6.07) is 12.0. The summed E-state index contributed by atoms with van der Waals surface area (Å²) in [4.78, 5) is 35.7. The molecular weight excluding hydrogens is 346 g/mol. The number of imide groups is 1. The van der Waals surface area contributed by atoms with E-state index in [0.717, 1.165) is 11.1 Å². The molecule has 7 heteroatoms. The van der Waals surface area contributed by atoms with Gasteiger partial charge in [-0.25, -0.2) is 4.79 Å². The minimum Gasteiger partial charge on any atom is -0.484 e. The molecule has 0 aliphatic carbocycles. The summed E-state index contributed by atoms with van der Waals surface area (Å²) in [5, 5.41) is 7.55. The molecule has 1 atom stereocenters. The summed E-state index contributed by atoms with van der Waals surface area (Å²) in [6.45, 7) is 5.40. The number of rotatable bonds is 5. The first-order valence-corrected chi connectivity index (χ1v) is 8.51. The van der Waals surface area contributed by atoms with E-state index in [0.29, 0.717) is 17.0 Å². The zero-order valence-corrected chi connectivity index (χ0v) is 15.4.